The molecule has 1 atom stereocenters. The molecule has 1 aliphatic heterocycles. The van der Waals surface area contributed by atoms with E-state index in [2.05, 4.69) is 18.7 Å². The van der Waals surface area contributed by atoms with Gasteiger partial charge in [0.05, 0.1) is 0 Å². The summed E-state index contributed by atoms with van der Waals surface area (Å²) in [5, 5.41) is 0. The molecule has 2 fully saturated rings. The predicted molar refractivity (Wildman–Crippen MR) is 60.3 cm³/mol. The molecule has 2 nitrogen and oxygen atoms in total. The number of likely N-dealkylation sites (tertiary alicyclic amines) is 1. The highest BCUT2D eigenvalue weighted by atomic mass is 15.2. The first-order chi connectivity index (χ1) is 6.63. The highest BCUT2D eigenvalue weighted by molar-refractivity contribution is 5.04. The van der Waals surface area contributed by atoms with E-state index in [4.69, 9.17) is 5.73 Å². The van der Waals surface area contributed by atoms with Crippen LogP contribution in [0.1, 0.15) is 52.4 Å². The van der Waals surface area contributed by atoms with Gasteiger partial charge in [-0.3, -0.25) is 4.90 Å². The average molecular weight is 196 g/mol. The van der Waals surface area contributed by atoms with Crippen LogP contribution in [0.5, 0.6) is 0 Å². The Labute approximate surface area is 87.8 Å². The SMILES string of the molecule is CC(C)N1CCCCC1C1(N)CCC1. The van der Waals surface area contributed by atoms with Gasteiger partial charge in [-0.05, 0) is 52.5 Å². The van der Waals surface area contributed by atoms with Crippen LogP contribution in [0.4, 0.5) is 0 Å². The Morgan fingerprint density at radius 2 is 1.93 bits per heavy atom. The number of nitrogens with zero attached hydrogens (tertiary/aromatic N) is 1. The van der Waals surface area contributed by atoms with E-state index in [1.54, 1.807) is 0 Å². The maximum atomic E-state index is 6.46. The molecule has 0 spiro atoms. The van der Waals surface area contributed by atoms with Crippen LogP contribution in [0.3, 0.4) is 0 Å². The van der Waals surface area contributed by atoms with Crippen LogP contribution in [0.2, 0.25) is 0 Å². The fraction of sp³-hybridized carbons (Fsp3) is 1.00. The third kappa shape index (κ3) is 1.70. The van der Waals surface area contributed by atoms with Gasteiger partial charge in [0.15, 0.2) is 0 Å². The van der Waals surface area contributed by atoms with Crippen LogP contribution < -0.4 is 5.73 Å². The molecule has 1 saturated heterocycles. The molecule has 14 heavy (non-hydrogen) atoms. The van der Waals surface area contributed by atoms with Crippen molar-refractivity contribution in [1.82, 2.24) is 4.90 Å². The van der Waals surface area contributed by atoms with E-state index in [0.717, 1.165) is 0 Å². The van der Waals surface area contributed by atoms with Crippen molar-refractivity contribution < 1.29 is 0 Å². The Kier molecular flexibility index (Phi) is 2.85. The number of rotatable bonds is 2. The summed E-state index contributed by atoms with van der Waals surface area (Å²) >= 11 is 0. The van der Waals surface area contributed by atoms with Crippen LogP contribution in [-0.4, -0.2) is 29.1 Å². The molecule has 0 aromatic heterocycles. The van der Waals surface area contributed by atoms with Crippen LogP contribution in [-0.2, 0) is 0 Å². The molecule has 2 heteroatoms. The minimum atomic E-state index is 0.171. The van der Waals surface area contributed by atoms with Crippen LogP contribution >= 0.6 is 0 Å². The van der Waals surface area contributed by atoms with Crippen molar-refractivity contribution >= 4 is 0 Å². The molecule has 0 amide bonds. The Hall–Kier alpha value is -0.0800. The topological polar surface area (TPSA) is 29.3 Å². The van der Waals surface area contributed by atoms with E-state index in [1.807, 2.05) is 0 Å². The summed E-state index contributed by atoms with van der Waals surface area (Å²) in [6.45, 7) is 5.88. The van der Waals surface area contributed by atoms with Crippen molar-refractivity contribution in [1.29, 1.82) is 0 Å². The van der Waals surface area contributed by atoms with Crippen molar-refractivity contribution in [2.45, 2.75) is 70.0 Å². The number of nitrogens with two attached hydrogens (primary N) is 1. The standard InChI is InChI=1S/C12H24N2/c1-10(2)14-9-4-3-6-11(14)12(13)7-5-8-12/h10-11H,3-9,13H2,1-2H3. The number of hydrogen-bond donors (Lipinski definition) is 1. The lowest BCUT2D eigenvalue weighted by molar-refractivity contribution is 0.0196. The minimum Gasteiger partial charge on any atom is -0.324 e. The van der Waals surface area contributed by atoms with Gasteiger partial charge in [0.2, 0.25) is 0 Å². The van der Waals surface area contributed by atoms with Crippen LogP contribution in [0, 0.1) is 0 Å². The van der Waals surface area contributed by atoms with E-state index >= 15 is 0 Å². The summed E-state index contributed by atoms with van der Waals surface area (Å²) in [4.78, 5) is 2.64. The van der Waals surface area contributed by atoms with Gasteiger partial charge < -0.3 is 5.73 Å². The zero-order valence-electron chi connectivity index (χ0n) is 9.63. The summed E-state index contributed by atoms with van der Waals surface area (Å²) < 4.78 is 0. The quantitative estimate of drug-likeness (QED) is 0.733. The molecule has 2 rings (SSSR count). The third-order valence-corrected chi connectivity index (χ3v) is 4.16. The smallest absolute Gasteiger partial charge is 0.0312 e. The van der Waals surface area contributed by atoms with Crippen molar-refractivity contribution in [2.75, 3.05) is 6.54 Å². The minimum absolute atomic E-state index is 0.171. The molecule has 0 radical (unpaired) electrons. The molecule has 2 N–H and O–H groups in total. The lowest BCUT2D eigenvalue weighted by Gasteiger charge is -2.52. The molecular weight excluding hydrogens is 172 g/mol. The Bertz CT molecular complexity index is 196. The fourth-order valence-electron chi connectivity index (χ4n) is 3.11. The monoisotopic (exact) mass is 196 g/mol. The molecule has 82 valence electrons. The Morgan fingerprint density at radius 1 is 1.21 bits per heavy atom. The first-order valence-electron chi connectivity index (χ1n) is 6.18. The highest BCUT2D eigenvalue weighted by Gasteiger charge is 2.44. The molecule has 1 saturated carbocycles. The first-order valence-corrected chi connectivity index (χ1v) is 6.18. The summed E-state index contributed by atoms with van der Waals surface area (Å²) in [5.74, 6) is 0. The molecule has 0 bridgehead atoms. The second-order valence-electron chi connectivity index (χ2n) is 5.43. The van der Waals surface area contributed by atoms with Gasteiger partial charge >= 0.3 is 0 Å². The molecule has 2 aliphatic rings. The van der Waals surface area contributed by atoms with E-state index in [-0.39, 0.29) is 5.54 Å². The molecule has 1 aliphatic carbocycles. The summed E-state index contributed by atoms with van der Waals surface area (Å²) in [6, 6.07) is 1.34. The first kappa shape index (κ1) is 10.4. The van der Waals surface area contributed by atoms with Gasteiger partial charge in [0, 0.05) is 17.6 Å². The Balaban J connectivity index is 2.06. The van der Waals surface area contributed by atoms with Gasteiger partial charge in [-0.15, -0.1) is 0 Å². The predicted octanol–water partition coefficient (Wildman–Crippen LogP) is 2.13. The maximum absolute atomic E-state index is 6.46. The lowest BCUT2D eigenvalue weighted by Crippen LogP contribution is -2.64. The zero-order valence-corrected chi connectivity index (χ0v) is 9.63. The Morgan fingerprint density at radius 3 is 2.43 bits per heavy atom. The van der Waals surface area contributed by atoms with E-state index < -0.39 is 0 Å². The second kappa shape index (κ2) is 3.82. The van der Waals surface area contributed by atoms with Crippen LogP contribution in [0.25, 0.3) is 0 Å². The fourth-order valence-corrected chi connectivity index (χ4v) is 3.11. The van der Waals surface area contributed by atoms with Crippen molar-refractivity contribution in [3.63, 3.8) is 0 Å². The molecule has 0 aromatic rings. The molecule has 1 heterocycles. The van der Waals surface area contributed by atoms with Crippen molar-refractivity contribution in [3.05, 3.63) is 0 Å². The van der Waals surface area contributed by atoms with E-state index in [1.165, 1.54) is 45.1 Å². The van der Waals surface area contributed by atoms with Gasteiger partial charge in [-0.1, -0.05) is 6.42 Å². The largest absolute Gasteiger partial charge is 0.324 e. The number of hydrogen-bond acceptors (Lipinski definition) is 2. The van der Waals surface area contributed by atoms with E-state index in [0.29, 0.717) is 12.1 Å². The highest BCUT2D eigenvalue weighted by Crippen LogP contribution is 2.39. The van der Waals surface area contributed by atoms with Gasteiger partial charge in [-0.25, -0.2) is 0 Å². The number of piperidine rings is 1. The van der Waals surface area contributed by atoms with Crippen molar-refractivity contribution in [3.8, 4) is 0 Å². The molecule has 0 aromatic carbocycles. The summed E-state index contributed by atoms with van der Waals surface area (Å²) in [6.07, 6.45) is 7.92. The maximum Gasteiger partial charge on any atom is 0.0312 e. The molecule has 1 unspecified atom stereocenters. The lowest BCUT2D eigenvalue weighted by atomic mass is 9.69. The summed E-state index contributed by atoms with van der Waals surface area (Å²) in [5.41, 5.74) is 6.64. The average Bonchev–Trinajstić information content (AvgIpc) is 2.14. The van der Waals surface area contributed by atoms with Gasteiger partial charge in [0.25, 0.3) is 0 Å². The van der Waals surface area contributed by atoms with Crippen molar-refractivity contribution in [2.24, 2.45) is 5.73 Å². The normalized spacial score (nSPS) is 33.0. The van der Waals surface area contributed by atoms with Gasteiger partial charge in [0.1, 0.15) is 0 Å². The third-order valence-electron chi connectivity index (χ3n) is 4.16. The van der Waals surface area contributed by atoms with Gasteiger partial charge in [-0.2, -0.15) is 0 Å². The van der Waals surface area contributed by atoms with E-state index in [9.17, 15) is 0 Å². The second-order valence-corrected chi connectivity index (χ2v) is 5.43. The zero-order chi connectivity index (χ0) is 10.2. The van der Waals surface area contributed by atoms with Crippen LogP contribution in [0.15, 0.2) is 0 Å². The molecular formula is C12H24N2. The summed E-state index contributed by atoms with van der Waals surface area (Å²) in [7, 11) is 0.